The van der Waals surface area contributed by atoms with Crippen LogP contribution in [0.4, 0.5) is 0 Å². The van der Waals surface area contributed by atoms with Crippen molar-refractivity contribution in [1.82, 2.24) is 0 Å². The monoisotopic (exact) mass is 268 g/mol. The molecule has 2 nitrogen and oxygen atoms in total. The molecule has 1 N–H and O–H groups in total. The summed E-state index contributed by atoms with van der Waals surface area (Å²) in [6.07, 6.45) is 0.0867. The molecule has 0 fully saturated rings. The number of fused-ring (bicyclic) bond motifs is 1. The van der Waals surface area contributed by atoms with E-state index in [0.29, 0.717) is 6.42 Å². The van der Waals surface area contributed by atoms with E-state index in [-0.39, 0.29) is 6.10 Å². The fraction of sp³-hybridized carbons (Fsp3) is 0.333. The molecular formula is C18H20O2. The van der Waals surface area contributed by atoms with Gasteiger partial charge in [-0.05, 0) is 49.6 Å². The van der Waals surface area contributed by atoms with E-state index in [0.717, 1.165) is 22.4 Å². The molecule has 20 heavy (non-hydrogen) atoms. The number of hydrogen-bond acceptors (Lipinski definition) is 2. The minimum atomic E-state index is -0.453. The first-order chi connectivity index (χ1) is 9.54. The number of aryl methyl sites for hydroxylation is 3. The Morgan fingerprint density at radius 3 is 2.55 bits per heavy atom. The van der Waals surface area contributed by atoms with Gasteiger partial charge in [-0.3, -0.25) is 0 Å². The average molecular weight is 268 g/mol. The normalized spacial score (nSPS) is 21.2. The summed E-state index contributed by atoms with van der Waals surface area (Å²) >= 11 is 0. The maximum absolute atomic E-state index is 10.4. The number of aliphatic hydroxyl groups excluding tert-OH is 1. The molecule has 2 aromatic rings. The third-order valence-electron chi connectivity index (χ3n) is 4.13. The van der Waals surface area contributed by atoms with Crippen LogP contribution in [-0.2, 0) is 0 Å². The average Bonchev–Trinajstić information content (AvgIpc) is 2.42. The van der Waals surface area contributed by atoms with Crippen molar-refractivity contribution < 1.29 is 9.84 Å². The first-order valence-corrected chi connectivity index (χ1v) is 7.07. The molecule has 3 rings (SSSR count). The van der Waals surface area contributed by atoms with Gasteiger partial charge in [-0.1, -0.05) is 29.8 Å². The lowest BCUT2D eigenvalue weighted by Gasteiger charge is -2.30. The molecule has 0 saturated heterocycles. The molecule has 0 bridgehead atoms. The summed E-state index contributed by atoms with van der Waals surface area (Å²) in [5.74, 6) is 0.803. The zero-order valence-electron chi connectivity index (χ0n) is 12.2. The van der Waals surface area contributed by atoms with Gasteiger partial charge in [0.25, 0.3) is 0 Å². The summed E-state index contributed by atoms with van der Waals surface area (Å²) < 4.78 is 6.08. The maximum Gasteiger partial charge on any atom is 0.127 e. The Morgan fingerprint density at radius 1 is 1.00 bits per heavy atom. The minimum Gasteiger partial charge on any atom is -0.485 e. The van der Waals surface area contributed by atoms with E-state index in [9.17, 15) is 5.11 Å². The van der Waals surface area contributed by atoms with Gasteiger partial charge in [0.1, 0.15) is 11.9 Å². The van der Waals surface area contributed by atoms with Crippen molar-refractivity contribution in [2.24, 2.45) is 0 Å². The molecule has 2 aromatic carbocycles. The molecule has 0 aliphatic carbocycles. The van der Waals surface area contributed by atoms with Gasteiger partial charge < -0.3 is 9.84 Å². The van der Waals surface area contributed by atoms with E-state index >= 15 is 0 Å². The summed E-state index contributed by atoms with van der Waals surface area (Å²) in [4.78, 5) is 0. The van der Waals surface area contributed by atoms with Gasteiger partial charge in [-0.2, -0.15) is 0 Å². The van der Waals surface area contributed by atoms with Crippen LogP contribution < -0.4 is 4.74 Å². The Bertz CT molecular complexity index is 646. The van der Waals surface area contributed by atoms with Crippen molar-refractivity contribution in [3.8, 4) is 5.75 Å². The summed E-state index contributed by atoms with van der Waals surface area (Å²) in [7, 11) is 0. The molecule has 1 heterocycles. The van der Waals surface area contributed by atoms with Crippen molar-refractivity contribution in [3.05, 3.63) is 64.2 Å². The first kappa shape index (κ1) is 13.2. The highest BCUT2D eigenvalue weighted by molar-refractivity contribution is 5.41. The van der Waals surface area contributed by atoms with Gasteiger partial charge in [-0.25, -0.2) is 0 Å². The third kappa shape index (κ3) is 2.32. The molecule has 0 aromatic heterocycles. The quantitative estimate of drug-likeness (QED) is 0.841. The summed E-state index contributed by atoms with van der Waals surface area (Å²) in [6.45, 7) is 6.24. The lowest BCUT2D eigenvalue weighted by atomic mass is 9.93. The molecule has 2 heteroatoms. The summed E-state index contributed by atoms with van der Waals surface area (Å²) in [5, 5.41) is 10.4. The predicted molar refractivity (Wildman–Crippen MR) is 80.0 cm³/mol. The molecule has 1 aliphatic heterocycles. The molecule has 0 saturated carbocycles. The fourth-order valence-corrected chi connectivity index (χ4v) is 2.74. The van der Waals surface area contributed by atoms with E-state index < -0.39 is 6.10 Å². The number of ether oxygens (including phenoxy) is 1. The summed E-state index contributed by atoms with van der Waals surface area (Å²) in [5.41, 5.74) is 5.73. The standard InChI is InChI=1S/C18H20O2/c1-11-4-7-17-15(8-11)16(19)10-18(20-17)14-6-5-12(2)13(3)9-14/h4-9,16,18-19H,10H2,1-3H3/t16-,18?/m1/s1. The molecule has 2 atom stereocenters. The SMILES string of the molecule is Cc1ccc2c(c1)[C@H](O)CC(c1ccc(C)c(C)c1)O2. The van der Waals surface area contributed by atoms with Crippen molar-refractivity contribution in [2.45, 2.75) is 39.4 Å². The maximum atomic E-state index is 10.4. The molecule has 104 valence electrons. The van der Waals surface area contributed by atoms with Gasteiger partial charge in [-0.15, -0.1) is 0 Å². The first-order valence-electron chi connectivity index (χ1n) is 7.07. The highest BCUT2D eigenvalue weighted by atomic mass is 16.5. The van der Waals surface area contributed by atoms with Crippen LogP contribution in [0.2, 0.25) is 0 Å². The number of benzene rings is 2. The van der Waals surface area contributed by atoms with E-state index in [2.05, 4.69) is 32.0 Å². The zero-order valence-corrected chi connectivity index (χ0v) is 12.2. The van der Waals surface area contributed by atoms with E-state index in [4.69, 9.17) is 4.74 Å². The second-order valence-corrected chi connectivity index (χ2v) is 5.74. The molecule has 0 amide bonds. The minimum absolute atomic E-state index is 0.0699. The van der Waals surface area contributed by atoms with Crippen LogP contribution in [0.25, 0.3) is 0 Å². The fourth-order valence-electron chi connectivity index (χ4n) is 2.74. The van der Waals surface area contributed by atoms with Crippen molar-refractivity contribution in [1.29, 1.82) is 0 Å². The molecule has 1 unspecified atom stereocenters. The topological polar surface area (TPSA) is 29.5 Å². The largest absolute Gasteiger partial charge is 0.485 e. The molecule has 1 aliphatic rings. The number of aliphatic hydroxyl groups is 1. The van der Waals surface area contributed by atoms with Crippen molar-refractivity contribution in [3.63, 3.8) is 0 Å². The second kappa shape index (κ2) is 4.95. The van der Waals surface area contributed by atoms with Crippen LogP contribution in [0.3, 0.4) is 0 Å². The van der Waals surface area contributed by atoms with E-state index in [1.807, 2.05) is 25.1 Å². The third-order valence-corrected chi connectivity index (χ3v) is 4.13. The van der Waals surface area contributed by atoms with Gasteiger partial charge in [0.15, 0.2) is 0 Å². The van der Waals surface area contributed by atoms with Gasteiger partial charge in [0, 0.05) is 12.0 Å². The molecule has 0 radical (unpaired) electrons. The lowest BCUT2D eigenvalue weighted by molar-refractivity contribution is 0.0656. The Kier molecular flexibility index (Phi) is 3.27. The zero-order chi connectivity index (χ0) is 14.3. The smallest absolute Gasteiger partial charge is 0.127 e. The Morgan fingerprint density at radius 2 is 1.80 bits per heavy atom. The number of rotatable bonds is 1. The Balaban J connectivity index is 1.94. The molecular weight excluding hydrogens is 248 g/mol. The van der Waals surface area contributed by atoms with E-state index in [1.165, 1.54) is 11.1 Å². The van der Waals surface area contributed by atoms with Crippen LogP contribution in [0.1, 0.15) is 46.4 Å². The van der Waals surface area contributed by atoms with E-state index in [1.54, 1.807) is 0 Å². The second-order valence-electron chi connectivity index (χ2n) is 5.74. The van der Waals surface area contributed by atoms with Crippen molar-refractivity contribution >= 4 is 0 Å². The van der Waals surface area contributed by atoms with Gasteiger partial charge >= 0.3 is 0 Å². The van der Waals surface area contributed by atoms with Gasteiger partial charge in [0.2, 0.25) is 0 Å². The van der Waals surface area contributed by atoms with Crippen molar-refractivity contribution in [2.75, 3.05) is 0 Å². The Labute approximate surface area is 120 Å². The number of hydrogen-bond donors (Lipinski definition) is 1. The van der Waals surface area contributed by atoms with Crippen LogP contribution in [0.5, 0.6) is 5.75 Å². The highest BCUT2D eigenvalue weighted by Gasteiger charge is 2.28. The molecule has 0 spiro atoms. The van der Waals surface area contributed by atoms with Crippen LogP contribution in [-0.4, -0.2) is 5.11 Å². The van der Waals surface area contributed by atoms with Crippen LogP contribution in [0, 0.1) is 20.8 Å². The van der Waals surface area contributed by atoms with Gasteiger partial charge in [0.05, 0.1) is 6.10 Å². The predicted octanol–water partition coefficient (Wildman–Crippen LogP) is 4.17. The highest BCUT2D eigenvalue weighted by Crippen LogP contribution is 2.41. The Hall–Kier alpha value is -1.80. The van der Waals surface area contributed by atoms with Crippen LogP contribution >= 0.6 is 0 Å². The summed E-state index contributed by atoms with van der Waals surface area (Å²) in [6, 6.07) is 12.4. The van der Waals surface area contributed by atoms with Crippen LogP contribution in [0.15, 0.2) is 36.4 Å². The lowest BCUT2D eigenvalue weighted by Crippen LogP contribution is -2.19.